The van der Waals surface area contributed by atoms with E-state index in [0.717, 1.165) is 68.3 Å². The molecule has 1 unspecified atom stereocenters. The van der Waals surface area contributed by atoms with Gasteiger partial charge in [0.2, 0.25) is 11.8 Å². The third-order valence-electron chi connectivity index (χ3n) is 15.5. The molecule has 0 bridgehead atoms. The van der Waals surface area contributed by atoms with Gasteiger partial charge in [0.15, 0.2) is 0 Å². The molecule has 336 valence electrons. The molecule has 5 amide bonds. The van der Waals surface area contributed by atoms with E-state index in [9.17, 15) is 29.2 Å². The molecular weight excluding hydrogens is 849 g/mol. The summed E-state index contributed by atoms with van der Waals surface area (Å²) >= 11 is 6.30. The van der Waals surface area contributed by atoms with Crippen LogP contribution in [0.15, 0.2) is 42.5 Å². The van der Waals surface area contributed by atoms with Crippen molar-refractivity contribution in [1.29, 1.82) is 5.26 Å². The van der Waals surface area contributed by atoms with Crippen molar-refractivity contribution in [2.45, 2.75) is 110 Å². The van der Waals surface area contributed by atoms with E-state index in [2.05, 4.69) is 55.8 Å². The molecule has 1 N–H and O–H groups in total. The van der Waals surface area contributed by atoms with Crippen LogP contribution >= 0.6 is 11.6 Å². The lowest BCUT2D eigenvalue weighted by Crippen LogP contribution is -2.74. The zero-order valence-corrected chi connectivity index (χ0v) is 37.8. The number of rotatable bonds is 6. The Bertz CT molecular complexity index is 2660. The fourth-order valence-electron chi connectivity index (χ4n) is 12.6. The number of nitriles is 1. The van der Waals surface area contributed by atoms with Gasteiger partial charge in [0, 0.05) is 59.8 Å². The van der Waals surface area contributed by atoms with Gasteiger partial charge in [-0.1, -0.05) is 45.2 Å². The van der Waals surface area contributed by atoms with Crippen molar-refractivity contribution < 1.29 is 33.1 Å². The number of carbonyl (C=O) groups excluding carboxylic acids is 5. The number of fused-ring (bicyclic) bond motifs is 2. The summed E-state index contributed by atoms with van der Waals surface area (Å²) in [4.78, 5) is 76.7. The lowest BCUT2D eigenvalue weighted by molar-refractivity contribution is -0.199. The van der Waals surface area contributed by atoms with E-state index in [0.29, 0.717) is 59.0 Å². The number of carbonyl (C=O) groups is 5. The van der Waals surface area contributed by atoms with Crippen LogP contribution in [0.1, 0.15) is 127 Å². The molecule has 5 aliphatic heterocycles. The number of likely N-dealkylation sites (tertiary alicyclic amines) is 1. The van der Waals surface area contributed by atoms with Crippen LogP contribution in [0.2, 0.25) is 5.02 Å². The SMILES string of the molecule is CC1(C)C(Oc2ccc(C#N)c(Cl)c2)C(C)(C)C1N1Cc2nc(C#CC3CCC(N4CCC5(CC4)CN(c4cc6c(cc4F)C(=O)N(C4CCC(=O)NC4=O)C6=O)C5)CC3)ccc2C1=O. The Morgan fingerprint density at radius 3 is 2.22 bits per heavy atom. The molecule has 1 atom stereocenters. The molecule has 1 aromatic heterocycles. The Morgan fingerprint density at radius 1 is 0.862 bits per heavy atom. The summed E-state index contributed by atoms with van der Waals surface area (Å²) < 4.78 is 22.0. The van der Waals surface area contributed by atoms with Gasteiger partial charge in [-0.2, -0.15) is 5.26 Å². The number of hydrogen-bond acceptors (Lipinski definition) is 10. The van der Waals surface area contributed by atoms with Gasteiger partial charge in [-0.05, 0) is 100 Å². The van der Waals surface area contributed by atoms with Crippen LogP contribution in [0.4, 0.5) is 10.1 Å². The van der Waals surface area contributed by atoms with Crippen LogP contribution in [0.3, 0.4) is 0 Å². The molecule has 6 heterocycles. The summed E-state index contributed by atoms with van der Waals surface area (Å²) in [6.45, 7) is 12.2. The Labute approximate surface area is 382 Å². The molecule has 2 aliphatic carbocycles. The number of aromatic nitrogens is 1. The zero-order valence-electron chi connectivity index (χ0n) is 37.0. The molecule has 3 aromatic rings. The van der Waals surface area contributed by atoms with Crippen molar-refractivity contribution in [3.05, 3.63) is 86.9 Å². The Morgan fingerprint density at radius 2 is 1.55 bits per heavy atom. The summed E-state index contributed by atoms with van der Waals surface area (Å²) in [6.07, 6.45) is 6.02. The van der Waals surface area contributed by atoms with E-state index < -0.39 is 35.5 Å². The van der Waals surface area contributed by atoms with Crippen molar-refractivity contribution in [1.82, 2.24) is 25.0 Å². The maximum Gasteiger partial charge on any atom is 0.262 e. The molecule has 1 spiro atoms. The highest BCUT2D eigenvalue weighted by atomic mass is 35.5. The molecule has 13 nitrogen and oxygen atoms in total. The quantitative estimate of drug-likeness (QED) is 0.214. The number of imide groups is 2. The van der Waals surface area contributed by atoms with Gasteiger partial charge >= 0.3 is 0 Å². The first kappa shape index (κ1) is 43.1. The maximum atomic E-state index is 15.5. The summed E-state index contributed by atoms with van der Waals surface area (Å²) in [5.41, 5.74) is 2.09. The number of nitrogens with zero attached hydrogens (tertiary/aromatic N) is 6. The highest BCUT2D eigenvalue weighted by molar-refractivity contribution is 6.31. The number of benzene rings is 2. The van der Waals surface area contributed by atoms with Crippen LogP contribution in [0.25, 0.3) is 0 Å². The molecule has 65 heavy (non-hydrogen) atoms. The van der Waals surface area contributed by atoms with E-state index in [1.807, 2.05) is 21.9 Å². The van der Waals surface area contributed by atoms with Gasteiger partial charge in [0.1, 0.15) is 35.5 Å². The van der Waals surface area contributed by atoms with E-state index in [-0.39, 0.29) is 64.2 Å². The largest absolute Gasteiger partial charge is 0.489 e. The number of nitrogens with one attached hydrogen (secondary N) is 1. The molecule has 2 saturated carbocycles. The molecule has 15 heteroatoms. The topological polar surface area (TPSA) is 156 Å². The number of amides is 5. The van der Waals surface area contributed by atoms with Gasteiger partial charge < -0.3 is 19.4 Å². The fraction of sp³-hybridized carbons (Fsp3) is 0.500. The first-order chi connectivity index (χ1) is 31.0. The van der Waals surface area contributed by atoms with E-state index in [4.69, 9.17) is 21.3 Å². The average Bonchev–Trinajstić information content (AvgIpc) is 3.70. The number of pyridine rings is 1. The van der Waals surface area contributed by atoms with Crippen LogP contribution in [-0.2, 0) is 16.1 Å². The second-order valence-corrected chi connectivity index (χ2v) is 20.8. The van der Waals surface area contributed by atoms with E-state index >= 15 is 4.39 Å². The van der Waals surface area contributed by atoms with Gasteiger partial charge in [-0.3, -0.25) is 34.2 Å². The zero-order chi connectivity index (χ0) is 45.7. The van der Waals surface area contributed by atoms with Gasteiger partial charge in [0.05, 0.1) is 45.2 Å². The predicted octanol–water partition coefficient (Wildman–Crippen LogP) is 6.50. The number of piperidine rings is 2. The van der Waals surface area contributed by atoms with Crippen molar-refractivity contribution in [2.75, 3.05) is 31.1 Å². The highest BCUT2D eigenvalue weighted by Crippen LogP contribution is 2.59. The molecule has 5 fully saturated rings. The number of hydrogen-bond donors (Lipinski definition) is 1. The molecule has 7 aliphatic rings. The van der Waals surface area contributed by atoms with Gasteiger partial charge in [0.25, 0.3) is 17.7 Å². The number of anilines is 1. The Hall–Kier alpha value is -5.83. The van der Waals surface area contributed by atoms with Crippen molar-refractivity contribution in [3.8, 4) is 23.7 Å². The van der Waals surface area contributed by atoms with Gasteiger partial charge in [-0.25, -0.2) is 9.37 Å². The third-order valence-corrected chi connectivity index (χ3v) is 15.9. The van der Waals surface area contributed by atoms with Crippen LogP contribution < -0.4 is 15.0 Å². The minimum Gasteiger partial charge on any atom is -0.489 e. The van der Waals surface area contributed by atoms with Crippen molar-refractivity contribution in [2.24, 2.45) is 22.2 Å². The molecule has 2 aromatic carbocycles. The van der Waals surface area contributed by atoms with E-state index in [1.165, 1.54) is 6.07 Å². The summed E-state index contributed by atoms with van der Waals surface area (Å²) in [5, 5.41) is 11.8. The van der Waals surface area contributed by atoms with Crippen LogP contribution in [-0.4, -0.2) is 99.6 Å². The summed E-state index contributed by atoms with van der Waals surface area (Å²) in [5.74, 6) is 4.63. The van der Waals surface area contributed by atoms with Crippen LogP contribution in [0.5, 0.6) is 5.75 Å². The number of halogens is 2. The Balaban J connectivity index is 0.704. The second-order valence-electron chi connectivity index (χ2n) is 20.4. The standard InChI is InChI=1S/C50H51ClFN7O6/c1-48(2)46(49(3,4)47(48)65-32-13-8-29(24-53)36(51)21-32)58-25-38-33(43(58)62)14-10-30(54-38)9-5-28-6-11-31(12-7-28)56-19-17-50(18-20-56)26-57(27-50)40-23-35-34(22-37(40)52)44(63)59(45(35)64)39-15-16-41(60)55-42(39)61/h8,10,13-14,21-23,28,31,39,46-47H,6-7,11-12,15-20,25-27H2,1-4H3,(H,55,60,61). The average molecular weight is 900 g/mol. The minimum atomic E-state index is -1.10. The lowest BCUT2D eigenvalue weighted by atomic mass is 9.49. The molecule has 10 rings (SSSR count). The van der Waals surface area contributed by atoms with Crippen molar-refractivity contribution in [3.63, 3.8) is 0 Å². The maximum absolute atomic E-state index is 15.5. The lowest BCUT2D eigenvalue weighted by Gasteiger charge is -2.65. The smallest absolute Gasteiger partial charge is 0.262 e. The van der Waals surface area contributed by atoms with Crippen LogP contribution in [0, 0.1) is 51.2 Å². The molecule has 0 radical (unpaired) electrons. The normalized spacial score (nSPS) is 27.6. The summed E-state index contributed by atoms with van der Waals surface area (Å²) in [6, 6.07) is 12.8. The fourth-order valence-corrected chi connectivity index (χ4v) is 12.8. The first-order valence-corrected chi connectivity index (χ1v) is 23.1. The summed E-state index contributed by atoms with van der Waals surface area (Å²) in [7, 11) is 0. The monoisotopic (exact) mass is 899 g/mol. The second kappa shape index (κ2) is 15.7. The minimum absolute atomic E-state index is 0.0203. The first-order valence-electron chi connectivity index (χ1n) is 22.7. The molecule has 3 saturated heterocycles. The van der Waals surface area contributed by atoms with Crippen molar-refractivity contribution >= 4 is 46.8 Å². The third kappa shape index (κ3) is 7.15. The highest BCUT2D eigenvalue weighted by Gasteiger charge is 2.67. The predicted molar refractivity (Wildman–Crippen MR) is 237 cm³/mol. The van der Waals surface area contributed by atoms with E-state index in [1.54, 1.807) is 18.2 Å². The Kier molecular flexibility index (Phi) is 10.4. The number of ether oxygens (including phenoxy) is 1. The molecular formula is C50H51ClFN7O6. The van der Waals surface area contributed by atoms with Gasteiger partial charge in [-0.15, -0.1) is 0 Å².